The van der Waals surface area contributed by atoms with Crippen molar-refractivity contribution >= 4 is 17.3 Å². The molecule has 0 saturated heterocycles. The number of aromatic nitrogens is 1. The maximum absolute atomic E-state index is 11.6. The number of hydrogen-bond acceptors (Lipinski definition) is 5. The first-order chi connectivity index (χ1) is 7.66. The molecule has 0 atom stereocenters. The number of nitrogen functional groups attached to an aromatic ring is 1. The predicted molar refractivity (Wildman–Crippen MR) is 57.0 cm³/mol. The van der Waals surface area contributed by atoms with Crippen molar-refractivity contribution in [2.75, 3.05) is 11.1 Å². The molecule has 1 aromatic carbocycles. The van der Waals surface area contributed by atoms with Gasteiger partial charge in [0.15, 0.2) is 0 Å². The van der Waals surface area contributed by atoms with Gasteiger partial charge in [0.1, 0.15) is 17.7 Å². The Bertz CT molecular complexity index is 508. The molecular weight excluding hydrogens is 210 g/mol. The van der Waals surface area contributed by atoms with Crippen molar-refractivity contribution in [2.45, 2.75) is 0 Å². The van der Waals surface area contributed by atoms with E-state index in [1.807, 2.05) is 0 Å². The van der Waals surface area contributed by atoms with Gasteiger partial charge in [0.25, 0.3) is 5.91 Å². The minimum Gasteiger partial charge on any atom is -0.506 e. The number of hydrogen-bond donors (Lipinski definition) is 3. The normalized spacial score (nSPS) is 10.0. The molecule has 0 spiro atoms. The van der Waals surface area contributed by atoms with Crippen molar-refractivity contribution in [3.8, 4) is 5.75 Å². The molecule has 82 valence electrons. The monoisotopic (exact) mass is 219 g/mol. The van der Waals surface area contributed by atoms with E-state index in [1.54, 1.807) is 0 Å². The van der Waals surface area contributed by atoms with Crippen molar-refractivity contribution < 1.29 is 14.4 Å². The van der Waals surface area contributed by atoms with Crippen LogP contribution in [0, 0.1) is 0 Å². The van der Waals surface area contributed by atoms with Gasteiger partial charge < -0.3 is 20.7 Å². The molecule has 1 heterocycles. The number of carbonyl (C=O) groups excluding carboxylic acids is 1. The molecule has 0 saturated carbocycles. The lowest BCUT2D eigenvalue weighted by atomic mass is 10.2. The Kier molecular flexibility index (Phi) is 2.47. The lowest BCUT2D eigenvalue weighted by Crippen LogP contribution is -2.11. The van der Waals surface area contributed by atoms with E-state index < -0.39 is 0 Å². The second-order valence-corrected chi connectivity index (χ2v) is 3.14. The summed E-state index contributed by atoms with van der Waals surface area (Å²) in [4.78, 5) is 11.6. The zero-order valence-corrected chi connectivity index (χ0v) is 8.18. The van der Waals surface area contributed by atoms with Crippen molar-refractivity contribution in [2.24, 2.45) is 0 Å². The molecule has 6 heteroatoms. The first-order valence-electron chi connectivity index (χ1n) is 4.46. The van der Waals surface area contributed by atoms with Crippen LogP contribution in [-0.2, 0) is 0 Å². The van der Waals surface area contributed by atoms with Crippen molar-refractivity contribution in [1.82, 2.24) is 5.16 Å². The average Bonchev–Trinajstić information content (AvgIpc) is 2.74. The first kappa shape index (κ1) is 10.0. The molecule has 0 radical (unpaired) electrons. The van der Waals surface area contributed by atoms with Gasteiger partial charge in [0.05, 0.1) is 11.9 Å². The van der Waals surface area contributed by atoms with E-state index in [9.17, 15) is 9.90 Å². The summed E-state index contributed by atoms with van der Waals surface area (Å²) in [5.74, 6) is -0.503. The molecule has 16 heavy (non-hydrogen) atoms. The highest BCUT2D eigenvalue weighted by Gasteiger charge is 2.09. The summed E-state index contributed by atoms with van der Waals surface area (Å²) in [7, 11) is 0. The van der Waals surface area contributed by atoms with Gasteiger partial charge in [-0.15, -0.1) is 0 Å². The van der Waals surface area contributed by atoms with Crippen molar-refractivity contribution in [3.05, 3.63) is 36.2 Å². The van der Waals surface area contributed by atoms with Crippen molar-refractivity contribution in [1.29, 1.82) is 0 Å². The highest BCUT2D eigenvalue weighted by atomic mass is 16.5. The number of phenols is 1. The Hall–Kier alpha value is -2.50. The lowest BCUT2D eigenvalue weighted by Gasteiger charge is -2.03. The summed E-state index contributed by atoms with van der Waals surface area (Å²) in [6.45, 7) is 0. The highest BCUT2D eigenvalue weighted by molar-refractivity contribution is 6.04. The predicted octanol–water partition coefficient (Wildman–Crippen LogP) is 1.21. The summed E-state index contributed by atoms with van der Waals surface area (Å²) >= 11 is 0. The van der Waals surface area contributed by atoms with Gasteiger partial charge in [0, 0.05) is 5.56 Å². The third-order valence-electron chi connectivity index (χ3n) is 1.98. The van der Waals surface area contributed by atoms with Crippen molar-refractivity contribution in [3.63, 3.8) is 0 Å². The zero-order valence-electron chi connectivity index (χ0n) is 8.18. The second kappa shape index (κ2) is 3.93. The molecule has 2 rings (SSSR count). The molecular formula is C10H9N3O3. The number of phenolic OH excluding ortho intramolecular Hbond substituents is 1. The Morgan fingerprint density at radius 1 is 1.50 bits per heavy atom. The molecule has 0 aliphatic heterocycles. The summed E-state index contributed by atoms with van der Waals surface area (Å²) in [6.07, 6.45) is 2.67. The van der Waals surface area contributed by atoms with Gasteiger partial charge in [-0.2, -0.15) is 0 Å². The minimum absolute atomic E-state index is 0.127. The van der Waals surface area contributed by atoms with Crippen LogP contribution in [0.15, 0.2) is 35.2 Å². The van der Waals surface area contributed by atoms with Crippen LogP contribution in [0.4, 0.5) is 11.4 Å². The molecule has 0 aliphatic rings. The third-order valence-corrected chi connectivity index (χ3v) is 1.98. The smallest absolute Gasteiger partial charge is 0.255 e. The highest BCUT2D eigenvalue weighted by Crippen LogP contribution is 2.21. The second-order valence-electron chi connectivity index (χ2n) is 3.14. The average molecular weight is 219 g/mol. The van der Waals surface area contributed by atoms with Gasteiger partial charge in [-0.25, -0.2) is 0 Å². The Labute approximate surface area is 90.7 Å². The quantitative estimate of drug-likeness (QED) is 0.520. The Morgan fingerprint density at radius 3 is 2.94 bits per heavy atom. The fourth-order valence-corrected chi connectivity index (χ4v) is 1.15. The van der Waals surface area contributed by atoms with E-state index in [0.717, 1.165) is 0 Å². The van der Waals surface area contributed by atoms with E-state index in [0.29, 0.717) is 11.3 Å². The summed E-state index contributed by atoms with van der Waals surface area (Å²) < 4.78 is 4.56. The van der Waals surface area contributed by atoms with Crippen LogP contribution in [0.2, 0.25) is 0 Å². The van der Waals surface area contributed by atoms with E-state index in [4.69, 9.17) is 5.73 Å². The largest absolute Gasteiger partial charge is 0.506 e. The van der Waals surface area contributed by atoms with Crippen LogP contribution < -0.4 is 11.1 Å². The number of nitrogens with two attached hydrogens (primary N) is 1. The fraction of sp³-hybridized carbons (Fsp3) is 0. The molecule has 0 unspecified atom stereocenters. The van der Waals surface area contributed by atoms with Crippen LogP contribution >= 0.6 is 0 Å². The number of amides is 1. The van der Waals surface area contributed by atoms with E-state index >= 15 is 0 Å². The van der Waals surface area contributed by atoms with Crippen LogP contribution in [0.3, 0.4) is 0 Å². The van der Waals surface area contributed by atoms with Gasteiger partial charge in [-0.3, -0.25) is 4.79 Å². The van der Waals surface area contributed by atoms with E-state index in [2.05, 4.69) is 15.0 Å². The van der Waals surface area contributed by atoms with E-state index in [-0.39, 0.29) is 17.3 Å². The number of carbonyl (C=O) groups is 1. The summed E-state index contributed by atoms with van der Waals surface area (Å²) in [6, 6.07) is 4.26. The number of anilines is 2. The fourth-order valence-electron chi connectivity index (χ4n) is 1.15. The zero-order chi connectivity index (χ0) is 11.5. The molecule has 2 aromatic rings. The topological polar surface area (TPSA) is 101 Å². The molecule has 0 fully saturated rings. The number of nitrogens with zero attached hydrogens (tertiary/aromatic N) is 1. The third kappa shape index (κ3) is 1.95. The Morgan fingerprint density at radius 2 is 2.31 bits per heavy atom. The van der Waals surface area contributed by atoms with Gasteiger partial charge in [-0.1, -0.05) is 5.16 Å². The first-order valence-corrected chi connectivity index (χ1v) is 4.46. The number of aromatic hydroxyl groups is 1. The van der Waals surface area contributed by atoms with Gasteiger partial charge in [0.2, 0.25) is 0 Å². The number of rotatable bonds is 2. The molecule has 4 N–H and O–H groups in total. The maximum Gasteiger partial charge on any atom is 0.255 e. The maximum atomic E-state index is 11.6. The molecule has 0 bridgehead atoms. The standard InChI is InChI=1S/C10H9N3O3/c11-8-2-1-6(3-9(8)14)10(15)13-7-4-12-16-5-7/h1-5,14H,11H2,(H,13,15). The SMILES string of the molecule is Nc1ccc(C(=O)Nc2cnoc2)cc1O. The van der Waals surface area contributed by atoms with Gasteiger partial charge in [-0.05, 0) is 18.2 Å². The van der Waals surface area contributed by atoms with Crippen LogP contribution in [-0.4, -0.2) is 16.2 Å². The summed E-state index contributed by atoms with van der Waals surface area (Å²) in [5.41, 5.74) is 6.39. The molecule has 6 nitrogen and oxygen atoms in total. The molecule has 1 amide bonds. The molecule has 1 aromatic heterocycles. The van der Waals surface area contributed by atoms with E-state index in [1.165, 1.54) is 30.7 Å². The minimum atomic E-state index is -0.376. The Balaban J connectivity index is 2.18. The van der Waals surface area contributed by atoms with Crippen LogP contribution in [0.1, 0.15) is 10.4 Å². The molecule has 0 aliphatic carbocycles. The number of nitrogens with one attached hydrogen (secondary N) is 1. The van der Waals surface area contributed by atoms with Crippen LogP contribution in [0.5, 0.6) is 5.75 Å². The van der Waals surface area contributed by atoms with Crippen LogP contribution in [0.25, 0.3) is 0 Å². The number of benzene rings is 1. The van der Waals surface area contributed by atoms with Gasteiger partial charge >= 0.3 is 0 Å². The summed E-state index contributed by atoms with van der Waals surface area (Å²) in [5, 5.41) is 15.3. The lowest BCUT2D eigenvalue weighted by molar-refractivity contribution is 0.102.